The fraction of sp³-hybridized carbons (Fsp3) is 0.238. The van der Waals surface area contributed by atoms with Gasteiger partial charge in [-0.1, -0.05) is 66.2 Å². The second-order valence-corrected chi connectivity index (χ2v) is 16.9. The van der Waals surface area contributed by atoms with Gasteiger partial charge < -0.3 is 16.0 Å². The Morgan fingerprint density at radius 2 is 1.60 bits per heavy atom. The summed E-state index contributed by atoms with van der Waals surface area (Å²) in [5.74, 6) is 0.423. The molecule has 7 rings (SSSR count). The highest BCUT2D eigenvalue weighted by Gasteiger charge is 2.36. The second-order valence-electron chi connectivity index (χ2n) is 13.7. The molecule has 4 N–H and O–H groups in total. The number of halogens is 4. The summed E-state index contributed by atoms with van der Waals surface area (Å²) in [5.41, 5.74) is 9.41. The molecule has 1 aliphatic rings. The number of benzene rings is 5. The van der Waals surface area contributed by atoms with Crippen LogP contribution in [0, 0.1) is 0 Å². The van der Waals surface area contributed by atoms with Gasteiger partial charge >= 0.3 is 6.18 Å². The Hall–Kier alpha value is -4.86. The van der Waals surface area contributed by atoms with Crippen LogP contribution in [0.25, 0.3) is 22.0 Å². The predicted molar refractivity (Wildman–Crippen MR) is 224 cm³/mol. The second kappa shape index (κ2) is 17.7. The summed E-state index contributed by atoms with van der Waals surface area (Å²) in [7, 11) is -4.49. The average Bonchev–Trinajstić information content (AvgIpc) is 3.21. The minimum absolute atomic E-state index is 0.0348. The lowest BCUT2D eigenvalue weighted by molar-refractivity contribution is -0.137. The number of rotatable bonds is 14. The monoisotopic (exact) mass is 831 g/mol. The Morgan fingerprint density at radius 3 is 2.33 bits per heavy atom. The molecule has 15 heteroatoms. The van der Waals surface area contributed by atoms with Crippen LogP contribution in [0.15, 0.2) is 131 Å². The van der Waals surface area contributed by atoms with Crippen LogP contribution in [0.1, 0.15) is 17.5 Å². The van der Waals surface area contributed by atoms with Crippen LogP contribution in [-0.2, 0) is 22.7 Å². The van der Waals surface area contributed by atoms with Gasteiger partial charge in [0, 0.05) is 71.2 Å². The number of piperazine rings is 1. The molecule has 1 aromatic heterocycles. The fourth-order valence-electron chi connectivity index (χ4n) is 6.87. The lowest BCUT2D eigenvalue weighted by atomic mass is 9.99. The lowest BCUT2D eigenvalue weighted by Gasteiger charge is -2.36. The third kappa shape index (κ3) is 10.00. The van der Waals surface area contributed by atoms with E-state index in [9.17, 15) is 21.6 Å². The van der Waals surface area contributed by atoms with E-state index in [-0.39, 0.29) is 18.1 Å². The van der Waals surface area contributed by atoms with Crippen molar-refractivity contribution in [3.8, 4) is 11.1 Å². The molecule has 1 saturated heterocycles. The van der Waals surface area contributed by atoms with E-state index in [0.717, 1.165) is 61.0 Å². The zero-order valence-electron chi connectivity index (χ0n) is 30.8. The van der Waals surface area contributed by atoms with Gasteiger partial charge in [0.15, 0.2) is 5.82 Å². The third-order valence-electron chi connectivity index (χ3n) is 9.83. The summed E-state index contributed by atoms with van der Waals surface area (Å²) in [6.45, 7) is 4.26. The number of nitrogens with zero attached hydrogens (tertiary/aromatic N) is 4. The number of hydrogen-bond acceptors (Lipinski definition) is 9. The highest BCUT2D eigenvalue weighted by molar-refractivity contribution is 7.99. The largest absolute Gasteiger partial charge is 0.418 e. The van der Waals surface area contributed by atoms with Gasteiger partial charge in [-0.25, -0.2) is 18.4 Å². The maximum absolute atomic E-state index is 14.4. The molecule has 0 saturated carbocycles. The van der Waals surface area contributed by atoms with E-state index in [1.165, 1.54) is 29.2 Å². The number of anilines is 3. The van der Waals surface area contributed by atoms with Gasteiger partial charge in [-0.05, 0) is 90.3 Å². The molecule has 57 heavy (non-hydrogen) atoms. The summed E-state index contributed by atoms with van der Waals surface area (Å²) < 4.78 is 72.9. The van der Waals surface area contributed by atoms with Crippen LogP contribution in [0.2, 0.25) is 5.02 Å². The molecule has 0 amide bonds. The van der Waals surface area contributed by atoms with Crippen molar-refractivity contribution in [3.05, 3.63) is 138 Å². The average molecular weight is 832 g/mol. The van der Waals surface area contributed by atoms with Gasteiger partial charge in [0.2, 0.25) is 0 Å². The molecular weight excluding hydrogens is 791 g/mol. The highest BCUT2D eigenvalue weighted by atomic mass is 35.5. The molecule has 0 spiro atoms. The van der Waals surface area contributed by atoms with Crippen molar-refractivity contribution in [2.24, 2.45) is 5.73 Å². The first-order chi connectivity index (χ1) is 27.5. The molecule has 0 bridgehead atoms. The van der Waals surface area contributed by atoms with Crippen molar-refractivity contribution in [1.82, 2.24) is 14.9 Å². The van der Waals surface area contributed by atoms with Crippen LogP contribution >= 0.6 is 23.4 Å². The first kappa shape index (κ1) is 40.3. The highest BCUT2D eigenvalue weighted by Crippen LogP contribution is 2.38. The number of hydrogen-bond donors (Lipinski definition) is 3. The molecule has 0 aliphatic carbocycles. The molecule has 0 radical (unpaired) electrons. The number of sulfonamides is 1. The van der Waals surface area contributed by atoms with E-state index in [0.29, 0.717) is 34.2 Å². The zero-order chi connectivity index (χ0) is 40.0. The summed E-state index contributed by atoms with van der Waals surface area (Å²) in [5, 5.41) is 4.08. The van der Waals surface area contributed by atoms with E-state index in [1.807, 2.05) is 72.8 Å². The minimum atomic E-state index is -4.83. The van der Waals surface area contributed by atoms with E-state index >= 15 is 0 Å². The summed E-state index contributed by atoms with van der Waals surface area (Å²) in [4.78, 5) is 13.6. The maximum Gasteiger partial charge on any atom is 0.418 e. The van der Waals surface area contributed by atoms with Gasteiger partial charge in [0.25, 0.3) is 10.0 Å². The van der Waals surface area contributed by atoms with Crippen LogP contribution < -0.4 is 20.7 Å². The Bertz CT molecular complexity index is 2420. The normalized spacial score (nSPS) is 14.4. The van der Waals surface area contributed by atoms with Gasteiger partial charge in [-0.2, -0.15) is 13.2 Å². The molecule has 1 atom stereocenters. The molecule has 9 nitrogen and oxygen atoms in total. The molecule has 1 aliphatic heterocycles. The summed E-state index contributed by atoms with van der Waals surface area (Å²) in [6, 6.07) is 33.8. The quantitative estimate of drug-likeness (QED) is 0.0926. The first-order valence-corrected chi connectivity index (χ1v) is 21.3. The predicted octanol–water partition coefficient (Wildman–Crippen LogP) is 9.01. The first-order valence-electron chi connectivity index (χ1n) is 18.4. The molecule has 6 aromatic rings. The standard InChI is InChI=1S/C42H41ClF3N7O2S2/c43-31-12-10-29(11-13-31)36-9-5-4-6-30(36)26-52-20-22-53(23-21-52)33-14-16-37-40(24-33)48-28-49-41(37)51-57(54,55)35-15-17-39(38(25-35)42(44,45)46)50-32(18-19-47)27-56-34-7-2-1-3-8-34/h1-17,24-25,28,32,50H,18-23,26-27,47H2,(H,48,49,51). The summed E-state index contributed by atoms with van der Waals surface area (Å²) in [6.07, 6.45) is -3.18. The van der Waals surface area contributed by atoms with E-state index in [2.05, 4.69) is 48.0 Å². The Morgan fingerprint density at radius 1 is 0.860 bits per heavy atom. The van der Waals surface area contributed by atoms with Crippen LogP contribution in [0.3, 0.4) is 0 Å². The van der Waals surface area contributed by atoms with Crippen molar-refractivity contribution in [2.45, 2.75) is 35.0 Å². The van der Waals surface area contributed by atoms with Crippen LogP contribution in [0.4, 0.5) is 30.4 Å². The maximum atomic E-state index is 14.4. The number of alkyl halides is 3. The number of fused-ring (bicyclic) bond motifs is 1. The van der Waals surface area contributed by atoms with Crippen molar-refractivity contribution >= 4 is 61.5 Å². The third-order valence-corrected chi connectivity index (χ3v) is 12.6. The number of thioether (sulfide) groups is 1. The van der Waals surface area contributed by atoms with Gasteiger partial charge in [-0.15, -0.1) is 11.8 Å². The van der Waals surface area contributed by atoms with E-state index in [1.54, 1.807) is 6.07 Å². The van der Waals surface area contributed by atoms with E-state index < -0.39 is 32.7 Å². The molecule has 5 aromatic carbocycles. The minimum Gasteiger partial charge on any atom is -0.381 e. The van der Waals surface area contributed by atoms with Crippen LogP contribution in [-0.4, -0.2) is 67.8 Å². The number of nitrogens with one attached hydrogen (secondary N) is 2. The lowest BCUT2D eigenvalue weighted by Crippen LogP contribution is -2.46. The van der Waals surface area contributed by atoms with Gasteiger partial charge in [0.05, 0.1) is 16.0 Å². The topological polar surface area (TPSA) is 116 Å². The molecule has 1 fully saturated rings. The van der Waals surface area contributed by atoms with E-state index in [4.69, 9.17) is 17.3 Å². The molecule has 2 heterocycles. The Balaban J connectivity index is 1.03. The summed E-state index contributed by atoms with van der Waals surface area (Å²) >= 11 is 7.62. The van der Waals surface area contributed by atoms with Crippen molar-refractivity contribution in [3.63, 3.8) is 0 Å². The molecule has 1 unspecified atom stereocenters. The van der Waals surface area contributed by atoms with Crippen molar-refractivity contribution in [2.75, 3.05) is 53.4 Å². The Kier molecular flexibility index (Phi) is 12.6. The molecule has 296 valence electrons. The number of aromatic nitrogens is 2. The Labute approximate surface area is 339 Å². The van der Waals surface area contributed by atoms with Gasteiger partial charge in [0.1, 0.15) is 6.33 Å². The van der Waals surface area contributed by atoms with Gasteiger partial charge in [-0.3, -0.25) is 9.62 Å². The SMILES string of the molecule is NCCC(CSc1ccccc1)Nc1ccc(S(=O)(=O)Nc2ncnc3cc(N4CCN(Cc5ccccc5-c5ccc(Cl)cc5)CC4)ccc23)cc1C(F)(F)F. The number of nitrogens with two attached hydrogens (primary N) is 1. The smallest absolute Gasteiger partial charge is 0.381 e. The fourth-order valence-corrected chi connectivity index (χ4v) is 9.04. The van der Waals surface area contributed by atoms with Crippen molar-refractivity contribution in [1.29, 1.82) is 0 Å². The van der Waals surface area contributed by atoms with Crippen molar-refractivity contribution < 1.29 is 21.6 Å². The molecular formula is C42H41ClF3N7O2S2. The zero-order valence-corrected chi connectivity index (χ0v) is 33.2. The van der Waals surface area contributed by atoms with Crippen LogP contribution in [0.5, 0.6) is 0 Å².